The van der Waals surface area contributed by atoms with E-state index < -0.39 is 0 Å². The van der Waals surface area contributed by atoms with Crippen LogP contribution in [0.25, 0.3) is 0 Å². The van der Waals surface area contributed by atoms with Crippen molar-refractivity contribution in [2.45, 2.75) is 32.3 Å². The molecule has 1 aromatic rings. The number of carbonyl (C=O) groups is 1. The third-order valence-corrected chi connectivity index (χ3v) is 3.70. The third-order valence-electron chi connectivity index (χ3n) is 3.70. The van der Waals surface area contributed by atoms with Crippen molar-refractivity contribution in [3.05, 3.63) is 23.8 Å². The monoisotopic (exact) mass is 277 g/mol. The Kier molecular flexibility index (Phi) is 4.98. The van der Waals surface area contributed by atoms with E-state index in [0.29, 0.717) is 11.4 Å². The number of piperidine rings is 1. The van der Waals surface area contributed by atoms with Crippen molar-refractivity contribution in [1.82, 2.24) is 4.90 Å². The summed E-state index contributed by atoms with van der Waals surface area (Å²) in [5.74, 6) is -0.112. The van der Waals surface area contributed by atoms with Crippen LogP contribution in [-0.2, 0) is 11.2 Å². The van der Waals surface area contributed by atoms with Crippen LogP contribution in [0.1, 0.15) is 25.3 Å². The molecule has 5 heteroatoms. The Bertz CT molecular complexity index is 468. The molecule has 0 aromatic heterocycles. The van der Waals surface area contributed by atoms with Gasteiger partial charge in [0.15, 0.2) is 0 Å². The molecule has 0 spiro atoms. The molecule has 1 aromatic carbocycles. The summed E-state index contributed by atoms with van der Waals surface area (Å²) in [7, 11) is 0. The van der Waals surface area contributed by atoms with Gasteiger partial charge in [-0.3, -0.25) is 4.79 Å². The SMILES string of the molecule is CC(=O)Nc1cc(CCN2CCC(O)CC2)ccc1N. The molecule has 0 saturated carbocycles. The highest BCUT2D eigenvalue weighted by atomic mass is 16.3. The fourth-order valence-corrected chi connectivity index (χ4v) is 2.49. The van der Waals surface area contributed by atoms with Gasteiger partial charge in [0.25, 0.3) is 0 Å². The van der Waals surface area contributed by atoms with Gasteiger partial charge < -0.3 is 21.1 Å². The first kappa shape index (κ1) is 14.8. The number of nitrogens with one attached hydrogen (secondary N) is 1. The zero-order chi connectivity index (χ0) is 14.5. The quantitative estimate of drug-likeness (QED) is 0.723. The van der Waals surface area contributed by atoms with E-state index in [-0.39, 0.29) is 12.0 Å². The van der Waals surface area contributed by atoms with Crippen LogP contribution >= 0.6 is 0 Å². The smallest absolute Gasteiger partial charge is 0.221 e. The molecule has 2 rings (SSSR count). The number of hydrogen-bond acceptors (Lipinski definition) is 4. The number of nitrogens with zero attached hydrogens (tertiary/aromatic N) is 1. The highest BCUT2D eigenvalue weighted by Crippen LogP contribution is 2.21. The van der Waals surface area contributed by atoms with Crippen LogP contribution < -0.4 is 11.1 Å². The minimum Gasteiger partial charge on any atom is -0.397 e. The Balaban J connectivity index is 1.91. The summed E-state index contributed by atoms with van der Waals surface area (Å²) in [6, 6.07) is 5.77. The molecule has 0 bridgehead atoms. The molecule has 20 heavy (non-hydrogen) atoms. The number of likely N-dealkylation sites (tertiary alicyclic amines) is 1. The van der Waals surface area contributed by atoms with E-state index in [9.17, 15) is 9.90 Å². The van der Waals surface area contributed by atoms with E-state index in [1.165, 1.54) is 6.92 Å². The van der Waals surface area contributed by atoms with Crippen LogP contribution in [0.5, 0.6) is 0 Å². The van der Waals surface area contributed by atoms with Crippen molar-refractivity contribution < 1.29 is 9.90 Å². The average Bonchev–Trinajstić information content (AvgIpc) is 2.41. The van der Waals surface area contributed by atoms with E-state index in [2.05, 4.69) is 10.2 Å². The first-order valence-electron chi connectivity index (χ1n) is 7.11. The first-order valence-corrected chi connectivity index (χ1v) is 7.11. The van der Waals surface area contributed by atoms with Crippen LogP contribution in [0, 0.1) is 0 Å². The molecule has 4 N–H and O–H groups in total. The second-order valence-corrected chi connectivity index (χ2v) is 5.43. The third kappa shape index (κ3) is 4.21. The second kappa shape index (κ2) is 6.72. The summed E-state index contributed by atoms with van der Waals surface area (Å²) >= 11 is 0. The van der Waals surface area contributed by atoms with Gasteiger partial charge in [-0.25, -0.2) is 0 Å². The molecule has 1 heterocycles. The molecule has 0 atom stereocenters. The number of aliphatic hydroxyl groups excluding tert-OH is 1. The maximum atomic E-state index is 11.1. The van der Waals surface area contributed by atoms with Gasteiger partial charge in [0.2, 0.25) is 5.91 Å². The predicted octanol–water partition coefficient (Wildman–Crippen LogP) is 1.23. The van der Waals surface area contributed by atoms with Crippen LogP contribution in [0.3, 0.4) is 0 Å². The van der Waals surface area contributed by atoms with Crippen molar-refractivity contribution >= 4 is 17.3 Å². The maximum Gasteiger partial charge on any atom is 0.221 e. The van der Waals surface area contributed by atoms with Gasteiger partial charge >= 0.3 is 0 Å². The maximum absolute atomic E-state index is 11.1. The number of nitrogens with two attached hydrogens (primary N) is 1. The molecule has 0 unspecified atom stereocenters. The Morgan fingerprint density at radius 3 is 2.80 bits per heavy atom. The average molecular weight is 277 g/mol. The van der Waals surface area contributed by atoms with Crippen molar-refractivity contribution in [2.24, 2.45) is 0 Å². The fraction of sp³-hybridized carbons (Fsp3) is 0.533. The van der Waals surface area contributed by atoms with Gasteiger partial charge in [-0.15, -0.1) is 0 Å². The number of amides is 1. The Hall–Kier alpha value is -1.59. The topological polar surface area (TPSA) is 78.6 Å². The van der Waals surface area contributed by atoms with Crippen LogP contribution in [0.15, 0.2) is 18.2 Å². The number of rotatable bonds is 4. The minimum absolute atomic E-state index is 0.112. The van der Waals surface area contributed by atoms with E-state index >= 15 is 0 Å². The van der Waals surface area contributed by atoms with Gasteiger partial charge in [0.1, 0.15) is 0 Å². The van der Waals surface area contributed by atoms with E-state index in [4.69, 9.17) is 5.73 Å². The summed E-state index contributed by atoms with van der Waals surface area (Å²) in [4.78, 5) is 13.5. The lowest BCUT2D eigenvalue weighted by molar-refractivity contribution is -0.114. The highest BCUT2D eigenvalue weighted by molar-refractivity contribution is 5.92. The second-order valence-electron chi connectivity index (χ2n) is 5.43. The predicted molar refractivity (Wildman–Crippen MR) is 80.5 cm³/mol. The van der Waals surface area contributed by atoms with Crippen LogP contribution in [0.4, 0.5) is 11.4 Å². The van der Waals surface area contributed by atoms with Gasteiger partial charge in [-0.1, -0.05) is 6.07 Å². The van der Waals surface area contributed by atoms with Crippen molar-refractivity contribution in [1.29, 1.82) is 0 Å². The molecular weight excluding hydrogens is 254 g/mol. The van der Waals surface area contributed by atoms with Crippen molar-refractivity contribution in [3.8, 4) is 0 Å². The number of nitrogen functional groups attached to an aromatic ring is 1. The summed E-state index contributed by atoms with van der Waals surface area (Å²) in [5.41, 5.74) is 8.27. The number of benzene rings is 1. The number of carbonyl (C=O) groups excluding carboxylic acids is 1. The molecule has 110 valence electrons. The van der Waals surface area contributed by atoms with Crippen LogP contribution in [0.2, 0.25) is 0 Å². The van der Waals surface area contributed by atoms with Crippen molar-refractivity contribution in [3.63, 3.8) is 0 Å². The lowest BCUT2D eigenvalue weighted by atomic mass is 10.1. The summed E-state index contributed by atoms with van der Waals surface area (Å²) < 4.78 is 0. The Morgan fingerprint density at radius 2 is 2.15 bits per heavy atom. The van der Waals surface area contributed by atoms with Gasteiger partial charge in [-0.2, -0.15) is 0 Å². The normalized spacial score (nSPS) is 17.1. The Morgan fingerprint density at radius 1 is 1.45 bits per heavy atom. The molecule has 1 saturated heterocycles. The molecule has 1 aliphatic rings. The highest BCUT2D eigenvalue weighted by Gasteiger charge is 2.16. The van der Waals surface area contributed by atoms with Gasteiger partial charge in [0, 0.05) is 26.6 Å². The number of anilines is 2. The lowest BCUT2D eigenvalue weighted by Gasteiger charge is -2.29. The molecule has 1 amide bonds. The number of aliphatic hydroxyl groups is 1. The van der Waals surface area contributed by atoms with E-state index in [1.54, 1.807) is 0 Å². The fourth-order valence-electron chi connectivity index (χ4n) is 2.49. The largest absolute Gasteiger partial charge is 0.397 e. The summed E-state index contributed by atoms with van der Waals surface area (Å²) in [6.07, 6.45) is 2.51. The molecule has 1 fully saturated rings. The number of hydrogen-bond donors (Lipinski definition) is 3. The molecule has 0 aliphatic carbocycles. The van der Waals surface area contributed by atoms with Crippen molar-refractivity contribution in [2.75, 3.05) is 30.7 Å². The molecule has 0 radical (unpaired) electrons. The molecule has 5 nitrogen and oxygen atoms in total. The zero-order valence-electron chi connectivity index (χ0n) is 11.9. The minimum atomic E-state index is -0.130. The molecular formula is C15H23N3O2. The first-order chi connectivity index (χ1) is 9.54. The Labute approximate surface area is 119 Å². The summed E-state index contributed by atoms with van der Waals surface area (Å²) in [5, 5.41) is 12.2. The van der Waals surface area contributed by atoms with E-state index in [0.717, 1.165) is 44.5 Å². The van der Waals surface area contributed by atoms with Gasteiger partial charge in [0.05, 0.1) is 17.5 Å². The van der Waals surface area contributed by atoms with Crippen LogP contribution in [-0.4, -0.2) is 41.7 Å². The lowest BCUT2D eigenvalue weighted by Crippen LogP contribution is -2.37. The zero-order valence-corrected chi connectivity index (χ0v) is 11.9. The standard InChI is InChI=1S/C15H23N3O2/c1-11(19)17-15-10-12(2-3-14(15)16)4-7-18-8-5-13(20)6-9-18/h2-3,10,13,20H,4-9,16H2,1H3,(H,17,19). The van der Waals surface area contributed by atoms with E-state index in [1.807, 2.05) is 18.2 Å². The summed E-state index contributed by atoms with van der Waals surface area (Å²) in [6.45, 7) is 4.35. The molecule has 1 aliphatic heterocycles. The van der Waals surface area contributed by atoms with Gasteiger partial charge in [-0.05, 0) is 37.0 Å².